The molecular weight excluding hydrogens is 326 g/mol. The molecular formula is C21H25N3O2. The second-order valence-corrected chi connectivity index (χ2v) is 7.21. The number of carbonyl (C=O) groups is 2. The Bertz CT molecular complexity index is 854. The van der Waals surface area contributed by atoms with E-state index in [1.807, 2.05) is 19.1 Å². The number of urea groups is 1. The van der Waals surface area contributed by atoms with Gasteiger partial charge in [0.25, 0.3) is 5.91 Å². The summed E-state index contributed by atoms with van der Waals surface area (Å²) < 4.78 is 0. The lowest BCUT2D eigenvalue weighted by Crippen LogP contribution is -2.38. The number of hydrogen-bond acceptors (Lipinski definition) is 2. The number of nitrogens with zero attached hydrogens (tertiary/aromatic N) is 1. The van der Waals surface area contributed by atoms with Crippen LogP contribution in [0.2, 0.25) is 0 Å². The molecule has 1 aliphatic rings. The highest BCUT2D eigenvalue weighted by Gasteiger charge is 2.45. The van der Waals surface area contributed by atoms with Crippen molar-refractivity contribution < 1.29 is 9.59 Å². The van der Waals surface area contributed by atoms with E-state index < -0.39 is 0 Å². The van der Waals surface area contributed by atoms with Gasteiger partial charge in [0.15, 0.2) is 0 Å². The smallest absolute Gasteiger partial charge is 0.319 e. The lowest BCUT2D eigenvalue weighted by Gasteiger charge is -2.20. The van der Waals surface area contributed by atoms with Crippen molar-refractivity contribution in [2.45, 2.75) is 32.2 Å². The van der Waals surface area contributed by atoms with Gasteiger partial charge in [-0.05, 0) is 49.9 Å². The molecule has 5 nitrogen and oxygen atoms in total. The first-order valence-corrected chi connectivity index (χ1v) is 8.80. The Morgan fingerprint density at radius 1 is 1.04 bits per heavy atom. The molecule has 0 unspecified atom stereocenters. The minimum atomic E-state index is -0.277. The maximum absolute atomic E-state index is 12.6. The van der Waals surface area contributed by atoms with E-state index in [1.165, 1.54) is 10.5 Å². The van der Waals surface area contributed by atoms with E-state index in [0.717, 1.165) is 24.0 Å². The van der Waals surface area contributed by atoms with Gasteiger partial charge in [0.05, 0.1) is 5.54 Å². The normalized spacial score (nSPS) is 14.5. The molecule has 0 bridgehead atoms. The number of benzene rings is 2. The molecule has 1 aliphatic carbocycles. The van der Waals surface area contributed by atoms with Gasteiger partial charge >= 0.3 is 6.03 Å². The summed E-state index contributed by atoms with van der Waals surface area (Å²) in [7, 11) is 3.43. The van der Waals surface area contributed by atoms with Crippen molar-refractivity contribution in [1.82, 2.24) is 10.2 Å². The van der Waals surface area contributed by atoms with Gasteiger partial charge < -0.3 is 15.5 Å². The first-order valence-electron chi connectivity index (χ1n) is 8.80. The van der Waals surface area contributed by atoms with Gasteiger partial charge in [0.2, 0.25) is 0 Å². The molecule has 0 atom stereocenters. The average molecular weight is 351 g/mol. The van der Waals surface area contributed by atoms with Crippen molar-refractivity contribution in [2.75, 3.05) is 19.4 Å². The molecule has 0 heterocycles. The second-order valence-electron chi connectivity index (χ2n) is 7.21. The third kappa shape index (κ3) is 3.57. The number of anilines is 1. The predicted octanol–water partition coefficient (Wildman–Crippen LogP) is 3.82. The quantitative estimate of drug-likeness (QED) is 0.880. The topological polar surface area (TPSA) is 61.4 Å². The summed E-state index contributed by atoms with van der Waals surface area (Å²) in [5, 5.41) is 6.02. The zero-order valence-corrected chi connectivity index (χ0v) is 15.7. The molecule has 2 aromatic carbocycles. The molecule has 3 amide bonds. The minimum Gasteiger partial charge on any atom is -0.345 e. The van der Waals surface area contributed by atoms with Crippen LogP contribution < -0.4 is 10.6 Å². The van der Waals surface area contributed by atoms with Crippen LogP contribution in [0.25, 0.3) is 0 Å². The fraction of sp³-hybridized carbons (Fsp3) is 0.333. The average Bonchev–Trinajstić information content (AvgIpc) is 3.36. The van der Waals surface area contributed by atoms with E-state index >= 15 is 0 Å². The number of hydrogen-bond donors (Lipinski definition) is 2. The predicted molar refractivity (Wildman–Crippen MR) is 103 cm³/mol. The number of nitrogens with one attached hydrogen (secondary N) is 2. The fourth-order valence-corrected chi connectivity index (χ4v) is 3.17. The van der Waals surface area contributed by atoms with E-state index in [0.29, 0.717) is 11.3 Å². The molecule has 2 N–H and O–H groups in total. The summed E-state index contributed by atoms with van der Waals surface area (Å²) >= 11 is 0. The van der Waals surface area contributed by atoms with Crippen LogP contribution in [0.4, 0.5) is 10.5 Å². The summed E-state index contributed by atoms with van der Waals surface area (Å²) in [6.07, 6.45) is 1.87. The van der Waals surface area contributed by atoms with Crippen molar-refractivity contribution >= 4 is 17.6 Å². The van der Waals surface area contributed by atoms with E-state index in [1.54, 1.807) is 26.2 Å². The Morgan fingerprint density at radius 2 is 1.73 bits per heavy atom. The van der Waals surface area contributed by atoms with Crippen molar-refractivity contribution in [1.29, 1.82) is 0 Å². The largest absolute Gasteiger partial charge is 0.345 e. The van der Waals surface area contributed by atoms with E-state index in [-0.39, 0.29) is 17.5 Å². The highest BCUT2D eigenvalue weighted by molar-refractivity contribution is 5.99. The lowest BCUT2D eigenvalue weighted by atomic mass is 10.0. The van der Waals surface area contributed by atoms with E-state index in [4.69, 9.17) is 0 Å². The summed E-state index contributed by atoms with van der Waals surface area (Å²) in [5.41, 5.74) is 4.05. The summed E-state index contributed by atoms with van der Waals surface area (Å²) in [6.45, 7) is 3.90. The molecule has 3 rings (SSSR count). The van der Waals surface area contributed by atoms with Crippen molar-refractivity contribution in [3.63, 3.8) is 0 Å². The van der Waals surface area contributed by atoms with Crippen LogP contribution >= 0.6 is 0 Å². The number of aryl methyl sites for hydroxylation is 1. The van der Waals surface area contributed by atoms with Gasteiger partial charge in [-0.25, -0.2) is 4.79 Å². The zero-order chi connectivity index (χ0) is 18.9. The third-order valence-corrected chi connectivity index (χ3v) is 4.89. The molecule has 1 saturated carbocycles. The Labute approximate surface area is 154 Å². The molecule has 0 saturated heterocycles. The Kier molecular flexibility index (Phi) is 4.72. The molecule has 26 heavy (non-hydrogen) atoms. The first-order chi connectivity index (χ1) is 12.3. The maximum atomic E-state index is 12.6. The highest BCUT2D eigenvalue weighted by Crippen LogP contribution is 2.45. The van der Waals surface area contributed by atoms with Gasteiger partial charge in [0, 0.05) is 25.3 Å². The highest BCUT2D eigenvalue weighted by atomic mass is 16.2. The molecule has 0 spiro atoms. The molecule has 2 aromatic rings. The molecule has 0 aliphatic heterocycles. The molecule has 0 aromatic heterocycles. The first kappa shape index (κ1) is 18.0. The Balaban J connectivity index is 1.75. The number of amides is 3. The standard InChI is InChI=1S/C21H25N3O2/c1-14-7-5-8-16(13-14)21(11-12-21)23-20(26)22-18-10-6-9-17(15(18)2)19(25)24(3)4/h5-10,13H,11-12H2,1-4H3,(H2,22,23,26). The third-order valence-electron chi connectivity index (χ3n) is 4.89. The maximum Gasteiger partial charge on any atom is 0.319 e. The van der Waals surface area contributed by atoms with Crippen LogP contribution in [0.5, 0.6) is 0 Å². The fourth-order valence-electron chi connectivity index (χ4n) is 3.17. The Morgan fingerprint density at radius 3 is 2.35 bits per heavy atom. The van der Waals surface area contributed by atoms with Gasteiger partial charge in [-0.3, -0.25) is 4.79 Å². The van der Waals surface area contributed by atoms with Gasteiger partial charge in [-0.2, -0.15) is 0 Å². The number of rotatable bonds is 4. The van der Waals surface area contributed by atoms with Gasteiger partial charge in [-0.15, -0.1) is 0 Å². The van der Waals surface area contributed by atoms with Crippen LogP contribution in [0, 0.1) is 13.8 Å². The summed E-state index contributed by atoms with van der Waals surface area (Å²) in [5.74, 6) is -0.0787. The molecule has 0 radical (unpaired) electrons. The Hall–Kier alpha value is -2.82. The number of carbonyl (C=O) groups excluding carboxylic acids is 2. The monoisotopic (exact) mass is 351 g/mol. The van der Waals surface area contributed by atoms with Gasteiger partial charge in [-0.1, -0.05) is 35.9 Å². The van der Waals surface area contributed by atoms with Crippen molar-refractivity contribution in [2.24, 2.45) is 0 Å². The van der Waals surface area contributed by atoms with Crippen LogP contribution in [0.15, 0.2) is 42.5 Å². The van der Waals surface area contributed by atoms with Crippen LogP contribution in [0.1, 0.15) is 39.9 Å². The second kappa shape index (κ2) is 6.83. The van der Waals surface area contributed by atoms with Crippen LogP contribution in [-0.4, -0.2) is 30.9 Å². The SMILES string of the molecule is Cc1cccc(C2(NC(=O)Nc3cccc(C(=O)N(C)C)c3C)CC2)c1. The van der Waals surface area contributed by atoms with Crippen molar-refractivity contribution in [3.8, 4) is 0 Å². The van der Waals surface area contributed by atoms with Crippen LogP contribution in [-0.2, 0) is 5.54 Å². The zero-order valence-electron chi connectivity index (χ0n) is 15.7. The summed E-state index contributed by atoms with van der Waals surface area (Å²) in [4.78, 5) is 26.4. The molecule has 5 heteroatoms. The molecule has 136 valence electrons. The van der Waals surface area contributed by atoms with E-state index in [2.05, 4.69) is 35.8 Å². The lowest BCUT2D eigenvalue weighted by molar-refractivity contribution is 0.0827. The minimum absolute atomic E-state index is 0.0787. The van der Waals surface area contributed by atoms with Crippen molar-refractivity contribution in [3.05, 3.63) is 64.7 Å². The molecule has 1 fully saturated rings. The van der Waals surface area contributed by atoms with Crippen LogP contribution in [0.3, 0.4) is 0 Å². The van der Waals surface area contributed by atoms with E-state index in [9.17, 15) is 9.59 Å². The van der Waals surface area contributed by atoms with Gasteiger partial charge in [0.1, 0.15) is 0 Å². The summed E-state index contributed by atoms with van der Waals surface area (Å²) in [6, 6.07) is 13.4.